The van der Waals surface area contributed by atoms with Gasteiger partial charge in [0, 0.05) is 38.2 Å². The highest BCUT2D eigenvalue weighted by atomic mass is 19.4. The van der Waals surface area contributed by atoms with Crippen molar-refractivity contribution in [2.45, 2.75) is 63.1 Å². The van der Waals surface area contributed by atoms with Crippen LogP contribution in [0.2, 0.25) is 0 Å². The van der Waals surface area contributed by atoms with Gasteiger partial charge in [-0.25, -0.2) is 18.2 Å². The number of nitrogens with one attached hydrogen (secondary N) is 1. The quantitative estimate of drug-likeness (QED) is 0.324. The standard InChI is InChI=1S/C29H31F6N7O2/c1-13-20(29(33,34)35)16(8-17(36)21(13)31)23-22(32)24-19-25(42-7-5-37-10-18(42)14(2)44-26(19)38-23)40-27(39-24)43-12-28-4-3-6-41(28)11-15(30)9-28/h8,14-15,18,37H,3-7,9-12,36H2,1-2H3/t14-,15+,18-,28?/m0/s1. The Kier molecular flexibility index (Phi) is 6.77. The van der Waals surface area contributed by atoms with Gasteiger partial charge in [-0.15, -0.1) is 0 Å². The lowest BCUT2D eigenvalue weighted by Gasteiger charge is -2.38. The van der Waals surface area contributed by atoms with Crippen LogP contribution in [0.3, 0.4) is 0 Å². The van der Waals surface area contributed by atoms with E-state index in [0.29, 0.717) is 26.2 Å². The third kappa shape index (κ3) is 4.49. The maximum Gasteiger partial charge on any atom is 0.417 e. The van der Waals surface area contributed by atoms with E-state index in [4.69, 9.17) is 15.2 Å². The summed E-state index contributed by atoms with van der Waals surface area (Å²) < 4.78 is 101. The zero-order chi connectivity index (χ0) is 31.1. The first-order valence-corrected chi connectivity index (χ1v) is 14.6. The normalized spacial score (nSPS) is 26.8. The number of alkyl halides is 4. The Bertz CT molecular complexity index is 1660. The summed E-state index contributed by atoms with van der Waals surface area (Å²) in [6, 6.07) is 0.245. The van der Waals surface area contributed by atoms with E-state index in [2.05, 4.69) is 25.2 Å². The van der Waals surface area contributed by atoms with E-state index in [1.165, 1.54) is 0 Å². The number of piperazine rings is 1. The summed E-state index contributed by atoms with van der Waals surface area (Å²) in [5.74, 6) is -2.33. The van der Waals surface area contributed by atoms with E-state index in [0.717, 1.165) is 32.4 Å². The maximum atomic E-state index is 16.6. The van der Waals surface area contributed by atoms with E-state index in [1.807, 2.05) is 4.90 Å². The summed E-state index contributed by atoms with van der Waals surface area (Å²) in [5, 5.41) is 3.37. The summed E-state index contributed by atoms with van der Waals surface area (Å²) >= 11 is 0. The fourth-order valence-corrected chi connectivity index (χ4v) is 7.32. The monoisotopic (exact) mass is 623 g/mol. The second-order valence-corrected chi connectivity index (χ2v) is 12.1. The van der Waals surface area contributed by atoms with E-state index in [1.54, 1.807) is 6.92 Å². The smallest absolute Gasteiger partial charge is 0.417 e. The molecule has 0 amide bonds. The van der Waals surface area contributed by atoms with Crippen molar-refractivity contribution in [2.75, 3.05) is 50.0 Å². The molecule has 0 aliphatic carbocycles. The van der Waals surface area contributed by atoms with E-state index in [9.17, 15) is 22.0 Å². The third-order valence-corrected chi connectivity index (χ3v) is 9.40. The van der Waals surface area contributed by atoms with Gasteiger partial charge in [-0.05, 0) is 44.9 Å². The maximum absolute atomic E-state index is 16.6. The number of benzene rings is 1. The van der Waals surface area contributed by atoms with Gasteiger partial charge in [0.05, 0.1) is 22.8 Å². The minimum Gasteiger partial charge on any atom is -0.472 e. The summed E-state index contributed by atoms with van der Waals surface area (Å²) in [4.78, 5) is 17.2. The number of aromatic nitrogens is 3. The number of anilines is 2. The second kappa shape index (κ2) is 10.2. The summed E-state index contributed by atoms with van der Waals surface area (Å²) in [6.07, 6.45) is -4.70. The van der Waals surface area contributed by atoms with Gasteiger partial charge >= 0.3 is 12.2 Å². The molecule has 2 aromatic heterocycles. The largest absolute Gasteiger partial charge is 0.472 e. The molecule has 1 aromatic carbocycles. The van der Waals surface area contributed by atoms with E-state index in [-0.39, 0.29) is 47.7 Å². The molecule has 0 bridgehead atoms. The van der Waals surface area contributed by atoms with Crippen LogP contribution in [0.1, 0.15) is 37.3 Å². The van der Waals surface area contributed by atoms with Crippen LogP contribution in [-0.4, -0.2) is 83.0 Å². The fourth-order valence-electron chi connectivity index (χ4n) is 7.32. The Labute approximate surface area is 248 Å². The van der Waals surface area contributed by atoms with Crippen molar-refractivity contribution in [2.24, 2.45) is 0 Å². The molecule has 4 aliphatic rings. The Morgan fingerprint density at radius 3 is 2.75 bits per heavy atom. The lowest BCUT2D eigenvalue weighted by molar-refractivity contribution is -0.137. The molecule has 0 spiro atoms. The molecule has 3 saturated heterocycles. The van der Waals surface area contributed by atoms with Crippen molar-refractivity contribution >= 4 is 22.4 Å². The molecular weight excluding hydrogens is 592 g/mol. The molecule has 1 unspecified atom stereocenters. The van der Waals surface area contributed by atoms with Crippen LogP contribution in [0.25, 0.3) is 22.2 Å². The lowest BCUT2D eigenvalue weighted by Crippen LogP contribution is -2.56. The molecule has 3 N–H and O–H groups in total. The molecule has 9 nitrogen and oxygen atoms in total. The Morgan fingerprint density at radius 1 is 1.18 bits per heavy atom. The summed E-state index contributed by atoms with van der Waals surface area (Å²) in [5.41, 5.74) is 0.557. The van der Waals surface area contributed by atoms with Gasteiger partial charge in [-0.1, -0.05) is 0 Å². The number of fused-ring (bicyclic) bond motifs is 3. The number of hydrogen-bond acceptors (Lipinski definition) is 9. The van der Waals surface area contributed by atoms with Gasteiger partial charge in [0.15, 0.2) is 5.82 Å². The number of hydrogen-bond donors (Lipinski definition) is 2. The van der Waals surface area contributed by atoms with Crippen molar-refractivity contribution in [3.63, 3.8) is 0 Å². The van der Waals surface area contributed by atoms with E-state index < -0.39 is 63.7 Å². The van der Waals surface area contributed by atoms with Crippen LogP contribution < -0.4 is 25.4 Å². The van der Waals surface area contributed by atoms with Crippen LogP contribution in [0.15, 0.2) is 6.07 Å². The molecule has 6 heterocycles. The molecule has 44 heavy (non-hydrogen) atoms. The SMILES string of the molecule is Cc1c(F)c(N)cc(-c2nc3c4c(nc(OCC56CCCN5C[C@H](F)C6)nc4c2F)N2CCNC[C@H]2[C@H](C)O3)c1C(F)(F)F. The van der Waals surface area contributed by atoms with Crippen LogP contribution in [-0.2, 0) is 6.18 Å². The molecule has 0 radical (unpaired) electrons. The van der Waals surface area contributed by atoms with Crippen molar-refractivity contribution in [3.05, 3.63) is 28.8 Å². The Hall–Kier alpha value is -3.59. The topological polar surface area (TPSA) is 102 Å². The molecule has 7 rings (SSSR count). The molecule has 0 saturated carbocycles. The number of pyridine rings is 1. The molecular formula is C29H31F6N7O2. The van der Waals surface area contributed by atoms with Gasteiger partial charge in [-0.2, -0.15) is 23.1 Å². The predicted octanol–water partition coefficient (Wildman–Crippen LogP) is 4.39. The molecule has 236 valence electrons. The van der Waals surface area contributed by atoms with Gasteiger partial charge in [-0.3, -0.25) is 4.90 Å². The molecule has 4 atom stereocenters. The van der Waals surface area contributed by atoms with Gasteiger partial charge in [0.1, 0.15) is 47.1 Å². The Balaban J connectivity index is 1.43. The number of nitrogens with two attached hydrogens (primary N) is 1. The van der Waals surface area contributed by atoms with Crippen LogP contribution in [0.4, 0.5) is 37.8 Å². The number of ether oxygens (including phenoxy) is 2. The number of nitrogens with zero attached hydrogens (tertiary/aromatic N) is 5. The Morgan fingerprint density at radius 2 is 1.98 bits per heavy atom. The van der Waals surface area contributed by atoms with Gasteiger partial charge in [0.25, 0.3) is 0 Å². The number of nitrogen functional groups attached to an aromatic ring is 1. The second-order valence-electron chi connectivity index (χ2n) is 12.1. The first-order valence-electron chi connectivity index (χ1n) is 14.6. The average molecular weight is 624 g/mol. The number of rotatable bonds is 4. The molecule has 4 aliphatic heterocycles. The van der Waals surface area contributed by atoms with Gasteiger partial charge in [0.2, 0.25) is 5.88 Å². The van der Waals surface area contributed by atoms with Crippen molar-refractivity contribution in [3.8, 4) is 23.1 Å². The van der Waals surface area contributed by atoms with Crippen LogP contribution in [0, 0.1) is 18.6 Å². The zero-order valence-corrected chi connectivity index (χ0v) is 24.1. The van der Waals surface area contributed by atoms with Crippen LogP contribution in [0.5, 0.6) is 11.9 Å². The predicted molar refractivity (Wildman–Crippen MR) is 149 cm³/mol. The number of halogens is 6. The fraction of sp³-hybridized carbons (Fsp3) is 0.552. The van der Waals surface area contributed by atoms with Crippen molar-refractivity contribution in [1.82, 2.24) is 25.2 Å². The molecule has 3 aromatic rings. The first kappa shape index (κ1) is 29.1. The van der Waals surface area contributed by atoms with Gasteiger partial charge < -0.3 is 25.4 Å². The third-order valence-electron chi connectivity index (χ3n) is 9.40. The van der Waals surface area contributed by atoms with Crippen molar-refractivity contribution in [1.29, 1.82) is 0 Å². The highest BCUT2D eigenvalue weighted by Crippen LogP contribution is 2.46. The highest BCUT2D eigenvalue weighted by Gasteiger charge is 2.49. The summed E-state index contributed by atoms with van der Waals surface area (Å²) in [7, 11) is 0. The van der Waals surface area contributed by atoms with Crippen molar-refractivity contribution < 1.29 is 35.8 Å². The average Bonchev–Trinajstić information content (AvgIpc) is 3.46. The zero-order valence-electron chi connectivity index (χ0n) is 24.1. The minimum atomic E-state index is -5.06. The minimum absolute atomic E-state index is 0.0641. The van der Waals surface area contributed by atoms with Crippen LogP contribution >= 0.6 is 0 Å². The first-order chi connectivity index (χ1) is 20.9. The lowest BCUT2D eigenvalue weighted by atomic mass is 9.95. The highest BCUT2D eigenvalue weighted by molar-refractivity contribution is 5.97. The molecule has 3 fully saturated rings. The van der Waals surface area contributed by atoms with E-state index >= 15 is 4.39 Å². The summed E-state index contributed by atoms with van der Waals surface area (Å²) in [6.45, 7) is 5.37. The molecule has 15 heteroatoms.